The van der Waals surface area contributed by atoms with Crippen LogP contribution in [-0.2, 0) is 0 Å². The highest BCUT2D eigenvalue weighted by atomic mass is 35.5. The predicted molar refractivity (Wildman–Crippen MR) is 59.5 cm³/mol. The maximum absolute atomic E-state index is 13.5. The molecule has 0 saturated carbocycles. The minimum Gasteiger partial charge on any atom is -0.476 e. The molecule has 0 bridgehead atoms. The fraction of sp³-hybridized carbons (Fsp3) is 0. The normalized spacial score (nSPS) is 10.4. The van der Waals surface area contributed by atoms with Crippen molar-refractivity contribution in [2.45, 2.75) is 0 Å². The van der Waals surface area contributed by atoms with E-state index in [-0.39, 0.29) is 16.3 Å². The van der Waals surface area contributed by atoms with Crippen molar-refractivity contribution >= 4 is 28.9 Å². The first kappa shape index (κ1) is 11.0. The molecular formula is C10H5ClFNO2S. The van der Waals surface area contributed by atoms with Crippen LogP contribution in [0.15, 0.2) is 23.6 Å². The maximum Gasteiger partial charge on any atom is 0.355 e. The Bertz CT molecular complexity index is 556. The largest absolute Gasteiger partial charge is 0.476 e. The summed E-state index contributed by atoms with van der Waals surface area (Å²) in [4.78, 5) is 14.4. The van der Waals surface area contributed by atoms with Crippen molar-refractivity contribution in [3.8, 4) is 10.6 Å². The van der Waals surface area contributed by atoms with E-state index >= 15 is 0 Å². The van der Waals surface area contributed by atoms with Gasteiger partial charge in [-0.15, -0.1) is 11.3 Å². The molecular weight excluding hydrogens is 253 g/mol. The van der Waals surface area contributed by atoms with Gasteiger partial charge < -0.3 is 5.11 Å². The zero-order valence-electron chi connectivity index (χ0n) is 7.78. The van der Waals surface area contributed by atoms with Gasteiger partial charge in [0.2, 0.25) is 0 Å². The zero-order chi connectivity index (χ0) is 11.7. The Labute approximate surface area is 99.1 Å². The van der Waals surface area contributed by atoms with E-state index in [1.165, 1.54) is 23.6 Å². The highest BCUT2D eigenvalue weighted by molar-refractivity contribution is 7.13. The van der Waals surface area contributed by atoms with E-state index in [2.05, 4.69) is 4.98 Å². The minimum atomic E-state index is -1.13. The molecule has 3 nitrogen and oxygen atoms in total. The fourth-order valence-electron chi connectivity index (χ4n) is 1.16. The molecule has 0 atom stereocenters. The first-order valence-electron chi connectivity index (χ1n) is 4.22. The molecule has 0 saturated heterocycles. The second-order valence-corrected chi connectivity index (χ2v) is 4.26. The van der Waals surface area contributed by atoms with Crippen LogP contribution in [0.25, 0.3) is 10.6 Å². The highest BCUT2D eigenvalue weighted by Crippen LogP contribution is 2.28. The number of thiazole rings is 1. The Balaban J connectivity index is 2.46. The van der Waals surface area contributed by atoms with E-state index in [4.69, 9.17) is 16.7 Å². The second kappa shape index (κ2) is 4.19. The number of hydrogen-bond acceptors (Lipinski definition) is 3. The molecule has 0 aliphatic carbocycles. The molecule has 6 heteroatoms. The third-order valence-electron chi connectivity index (χ3n) is 1.88. The summed E-state index contributed by atoms with van der Waals surface area (Å²) in [6.07, 6.45) is 0. The van der Waals surface area contributed by atoms with Gasteiger partial charge in [0, 0.05) is 16.0 Å². The van der Waals surface area contributed by atoms with E-state index < -0.39 is 11.8 Å². The smallest absolute Gasteiger partial charge is 0.355 e. The fourth-order valence-corrected chi connectivity index (χ4v) is 2.14. The van der Waals surface area contributed by atoms with Crippen molar-refractivity contribution in [1.29, 1.82) is 0 Å². The van der Waals surface area contributed by atoms with Gasteiger partial charge in [-0.05, 0) is 18.2 Å². The second-order valence-electron chi connectivity index (χ2n) is 2.97. The van der Waals surface area contributed by atoms with Crippen molar-refractivity contribution in [3.05, 3.63) is 40.1 Å². The monoisotopic (exact) mass is 257 g/mol. The lowest BCUT2D eigenvalue weighted by Crippen LogP contribution is -1.95. The summed E-state index contributed by atoms with van der Waals surface area (Å²) in [7, 11) is 0. The number of benzene rings is 1. The van der Waals surface area contributed by atoms with E-state index in [0.717, 1.165) is 11.3 Å². The summed E-state index contributed by atoms with van der Waals surface area (Å²) in [6, 6.07) is 4.17. The SMILES string of the molecule is O=C(O)c1csc(-c2ccc(Cl)cc2F)n1. The summed E-state index contributed by atoms with van der Waals surface area (Å²) in [5, 5.41) is 10.7. The molecule has 0 fully saturated rings. The maximum atomic E-state index is 13.5. The molecule has 1 aromatic heterocycles. The molecule has 0 unspecified atom stereocenters. The molecule has 0 amide bonds. The van der Waals surface area contributed by atoms with E-state index in [9.17, 15) is 9.18 Å². The van der Waals surface area contributed by atoms with Gasteiger partial charge in [0.25, 0.3) is 0 Å². The van der Waals surface area contributed by atoms with Crippen LogP contribution in [0.1, 0.15) is 10.5 Å². The molecule has 0 radical (unpaired) electrons. The van der Waals surface area contributed by atoms with Gasteiger partial charge in [-0.2, -0.15) is 0 Å². The number of carboxylic acids is 1. The van der Waals surface area contributed by atoms with Gasteiger partial charge in [-0.3, -0.25) is 0 Å². The lowest BCUT2D eigenvalue weighted by Gasteiger charge is -1.98. The molecule has 1 aromatic carbocycles. The number of carboxylic acid groups (broad SMARTS) is 1. The summed E-state index contributed by atoms with van der Waals surface area (Å²) in [6.45, 7) is 0. The first-order valence-corrected chi connectivity index (χ1v) is 5.48. The third-order valence-corrected chi connectivity index (χ3v) is 3.00. The van der Waals surface area contributed by atoms with Gasteiger partial charge in [-0.25, -0.2) is 14.2 Å². The number of carbonyl (C=O) groups is 1. The lowest BCUT2D eigenvalue weighted by atomic mass is 10.2. The number of halogens is 2. The Morgan fingerprint density at radius 2 is 2.25 bits per heavy atom. The standard InChI is InChI=1S/C10H5ClFNO2S/c11-5-1-2-6(7(12)3-5)9-13-8(4-16-9)10(14)15/h1-4H,(H,14,15). The molecule has 0 aliphatic heterocycles. The van der Waals surface area contributed by atoms with Gasteiger partial charge in [0.15, 0.2) is 5.69 Å². The summed E-state index contributed by atoms with van der Waals surface area (Å²) < 4.78 is 13.5. The van der Waals surface area contributed by atoms with E-state index in [0.29, 0.717) is 5.01 Å². The van der Waals surface area contributed by atoms with Crippen LogP contribution in [0, 0.1) is 5.82 Å². The van der Waals surface area contributed by atoms with Crippen molar-refractivity contribution in [2.24, 2.45) is 0 Å². The van der Waals surface area contributed by atoms with Crippen LogP contribution >= 0.6 is 22.9 Å². The van der Waals surface area contributed by atoms with E-state index in [1.54, 1.807) is 0 Å². The molecule has 82 valence electrons. The third kappa shape index (κ3) is 2.05. The van der Waals surface area contributed by atoms with Gasteiger partial charge in [-0.1, -0.05) is 11.6 Å². The Hall–Kier alpha value is -1.46. The summed E-state index contributed by atoms with van der Waals surface area (Å²) in [5.41, 5.74) is 0.163. The molecule has 2 rings (SSSR count). The Morgan fingerprint density at radius 1 is 1.50 bits per heavy atom. The quantitative estimate of drug-likeness (QED) is 0.898. The van der Waals surface area contributed by atoms with Crippen molar-refractivity contribution in [2.75, 3.05) is 0 Å². The van der Waals surface area contributed by atoms with E-state index in [1.807, 2.05) is 0 Å². The molecule has 0 spiro atoms. The number of aromatic carboxylic acids is 1. The minimum absolute atomic E-state index is 0.0886. The number of aromatic nitrogens is 1. The van der Waals surface area contributed by atoms with Crippen molar-refractivity contribution in [3.63, 3.8) is 0 Å². The van der Waals surface area contributed by atoms with Crippen LogP contribution in [0.2, 0.25) is 5.02 Å². The van der Waals surface area contributed by atoms with Crippen LogP contribution in [0.4, 0.5) is 4.39 Å². The van der Waals surface area contributed by atoms with Gasteiger partial charge >= 0.3 is 5.97 Å². The molecule has 0 aliphatic rings. The number of rotatable bonds is 2. The van der Waals surface area contributed by atoms with Crippen LogP contribution in [0.3, 0.4) is 0 Å². The topological polar surface area (TPSA) is 50.2 Å². The molecule has 16 heavy (non-hydrogen) atoms. The average molecular weight is 258 g/mol. The van der Waals surface area contributed by atoms with Crippen LogP contribution in [0.5, 0.6) is 0 Å². The Kier molecular flexibility index (Phi) is 2.89. The zero-order valence-corrected chi connectivity index (χ0v) is 9.35. The van der Waals surface area contributed by atoms with Crippen LogP contribution in [-0.4, -0.2) is 16.1 Å². The van der Waals surface area contributed by atoms with Crippen LogP contribution < -0.4 is 0 Å². The van der Waals surface area contributed by atoms with Crippen molar-refractivity contribution in [1.82, 2.24) is 4.98 Å². The summed E-state index contributed by atoms with van der Waals surface area (Å²) in [5.74, 6) is -1.64. The Morgan fingerprint density at radius 3 is 2.81 bits per heavy atom. The predicted octanol–water partition coefficient (Wildman–Crippen LogP) is 3.30. The van der Waals surface area contributed by atoms with Gasteiger partial charge in [0.1, 0.15) is 10.8 Å². The number of hydrogen-bond donors (Lipinski definition) is 1. The van der Waals surface area contributed by atoms with Gasteiger partial charge in [0.05, 0.1) is 0 Å². The highest BCUT2D eigenvalue weighted by Gasteiger charge is 2.13. The molecule has 2 aromatic rings. The summed E-state index contributed by atoms with van der Waals surface area (Å²) >= 11 is 6.68. The molecule has 1 heterocycles. The first-order chi connectivity index (χ1) is 7.58. The lowest BCUT2D eigenvalue weighted by molar-refractivity contribution is 0.0691. The average Bonchev–Trinajstić information content (AvgIpc) is 2.66. The molecule has 1 N–H and O–H groups in total. The number of nitrogens with zero attached hydrogens (tertiary/aromatic N) is 1. The van der Waals surface area contributed by atoms with Crippen molar-refractivity contribution < 1.29 is 14.3 Å².